The molecule has 0 aliphatic carbocycles. The van der Waals surface area contributed by atoms with Gasteiger partial charge in [0.2, 0.25) is 0 Å². The van der Waals surface area contributed by atoms with Crippen LogP contribution in [0.5, 0.6) is 0 Å². The van der Waals surface area contributed by atoms with Gasteiger partial charge in [0.15, 0.2) is 0 Å². The third-order valence-corrected chi connectivity index (χ3v) is 1.98. The van der Waals surface area contributed by atoms with Crippen LogP contribution in [0.1, 0.15) is 11.1 Å². The number of nitriles is 1. The first kappa shape index (κ1) is 8.39. The fraction of sp³-hybridized carbons (Fsp3) is 0.125. The SMILES string of the molecule is N#Cc1ccc(Cl)c(CCl)c1. The molecule has 1 aromatic carbocycles. The highest BCUT2D eigenvalue weighted by atomic mass is 35.5. The highest BCUT2D eigenvalue weighted by Crippen LogP contribution is 2.18. The van der Waals surface area contributed by atoms with Crippen molar-refractivity contribution in [3.05, 3.63) is 34.3 Å². The van der Waals surface area contributed by atoms with E-state index in [4.69, 9.17) is 28.5 Å². The molecule has 0 saturated carbocycles. The van der Waals surface area contributed by atoms with Gasteiger partial charge in [0, 0.05) is 10.9 Å². The molecule has 1 rings (SSSR count). The monoisotopic (exact) mass is 185 g/mol. The van der Waals surface area contributed by atoms with Gasteiger partial charge in [-0.2, -0.15) is 5.26 Å². The molecule has 3 heteroatoms. The molecule has 0 saturated heterocycles. The molecule has 0 amide bonds. The van der Waals surface area contributed by atoms with Gasteiger partial charge >= 0.3 is 0 Å². The van der Waals surface area contributed by atoms with Crippen LogP contribution in [0.2, 0.25) is 5.02 Å². The summed E-state index contributed by atoms with van der Waals surface area (Å²) < 4.78 is 0. The lowest BCUT2D eigenvalue weighted by atomic mass is 10.1. The Balaban J connectivity index is 3.15. The van der Waals surface area contributed by atoms with Gasteiger partial charge in [-0.15, -0.1) is 11.6 Å². The molecular weight excluding hydrogens is 181 g/mol. The van der Waals surface area contributed by atoms with E-state index in [2.05, 4.69) is 0 Å². The van der Waals surface area contributed by atoms with Crippen molar-refractivity contribution in [2.45, 2.75) is 5.88 Å². The lowest BCUT2D eigenvalue weighted by Gasteiger charge is -1.97. The summed E-state index contributed by atoms with van der Waals surface area (Å²) in [6.07, 6.45) is 0. The van der Waals surface area contributed by atoms with Crippen LogP contribution in [0.3, 0.4) is 0 Å². The fourth-order valence-corrected chi connectivity index (χ4v) is 1.22. The Bertz CT molecular complexity index is 301. The van der Waals surface area contributed by atoms with E-state index in [0.717, 1.165) is 5.56 Å². The van der Waals surface area contributed by atoms with Crippen molar-refractivity contribution >= 4 is 23.2 Å². The smallest absolute Gasteiger partial charge is 0.0991 e. The van der Waals surface area contributed by atoms with Crippen molar-refractivity contribution in [1.29, 1.82) is 5.26 Å². The minimum Gasteiger partial charge on any atom is -0.192 e. The fourth-order valence-electron chi connectivity index (χ4n) is 0.747. The second-order valence-electron chi connectivity index (χ2n) is 2.05. The average molecular weight is 186 g/mol. The Hall–Kier alpha value is -0.710. The van der Waals surface area contributed by atoms with E-state index in [1.165, 1.54) is 0 Å². The van der Waals surface area contributed by atoms with Gasteiger partial charge in [0.1, 0.15) is 0 Å². The normalized spacial score (nSPS) is 9.18. The largest absolute Gasteiger partial charge is 0.192 e. The zero-order chi connectivity index (χ0) is 8.27. The molecule has 0 bridgehead atoms. The van der Waals surface area contributed by atoms with Gasteiger partial charge in [-0.05, 0) is 23.8 Å². The third kappa shape index (κ3) is 1.86. The van der Waals surface area contributed by atoms with Crippen LogP contribution in [0.4, 0.5) is 0 Å². The van der Waals surface area contributed by atoms with E-state index < -0.39 is 0 Å². The summed E-state index contributed by atoms with van der Waals surface area (Å²) in [6.45, 7) is 0. The minimum absolute atomic E-state index is 0.342. The van der Waals surface area contributed by atoms with Gasteiger partial charge in [-0.25, -0.2) is 0 Å². The topological polar surface area (TPSA) is 23.8 Å². The van der Waals surface area contributed by atoms with E-state index in [9.17, 15) is 0 Å². The van der Waals surface area contributed by atoms with Gasteiger partial charge < -0.3 is 0 Å². The van der Waals surface area contributed by atoms with Crippen molar-refractivity contribution < 1.29 is 0 Å². The van der Waals surface area contributed by atoms with Crippen molar-refractivity contribution in [3.63, 3.8) is 0 Å². The second-order valence-corrected chi connectivity index (χ2v) is 2.73. The zero-order valence-corrected chi connectivity index (χ0v) is 7.15. The summed E-state index contributed by atoms with van der Waals surface area (Å²) in [5, 5.41) is 9.12. The Morgan fingerprint density at radius 2 is 2.18 bits per heavy atom. The molecule has 0 aliphatic heterocycles. The van der Waals surface area contributed by atoms with Crippen LogP contribution in [-0.2, 0) is 5.88 Å². The first-order valence-corrected chi connectivity index (χ1v) is 3.93. The maximum absolute atomic E-state index is 8.51. The Labute approximate surface area is 75.2 Å². The Morgan fingerprint density at radius 1 is 1.45 bits per heavy atom. The Kier molecular flexibility index (Phi) is 2.76. The number of benzene rings is 1. The first-order chi connectivity index (χ1) is 5.27. The molecule has 0 aliphatic rings. The molecule has 1 aromatic rings. The second kappa shape index (κ2) is 3.61. The van der Waals surface area contributed by atoms with Crippen LogP contribution >= 0.6 is 23.2 Å². The summed E-state index contributed by atoms with van der Waals surface area (Å²) in [7, 11) is 0. The van der Waals surface area contributed by atoms with Crippen LogP contribution in [0.25, 0.3) is 0 Å². The highest BCUT2D eigenvalue weighted by Gasteiger charge is 1.99. The number of nitrogens with zero attached hydrogens (tertiary/aromatic N) is 1. The van der Waals surface area contributed by atoms with E-state index in [0.29, 0.717) is 16.5 Å². The third-order valence-electron chi connectivity index (χ3n) is 1.32. The van der Waals surface area contributed by atoms with E-state index >= 15 is 0 Å². The molecule has 0 fully saturated rings. The zero-order valence-electron chi connectivity index (χ0n) is 5.64. The van der Waals surface area contributed by atoms with E-state index in [-0.39, 0.29) is 0 Å². The predicted molar refractivity (Wildman–Crippen MR) is 45.7 cm³/mol. The van der Waals surface area contributed by atoms with E-state index in [1.807, 2.05) is 6.07 Å². The molecule has 0 aromatic heterocycles. The van der Waals surface area contributed by atoms with E-state index in [1.54, 1.807) is 18.2 Å². The number of alkyl halides is 1. The lowest BCUT2D eigenvalue weighted by molar-refractivity contribution is 1.38. The molecule has 0 spiro atoms. The number of hydrogen-bond acceptors (Lipinski definition) is 1. The average Bonchev–Trinajstić information content (AvgIpc) is 2.05. The van der Waals surface area contributed by atoms with Crippen molar-refractivity contribution in [3.8, 4) is 6.07 Å². The van der Waals surface area contributed by atoms with Crippen molar-refractivity contribution in [1.82, 2.24) is 0 Å². The first-order valence-electron chi connectivity index (χ1n) is 3.02. The summed E-state index contributed by atoms with van der Waals surface area (Å²) >= 11 is 11.3. The standard InChI is InChI=1S/C8H5Cl2N/c9-4-7-3-6(5-11)1-2-8(7)10/h1-3H,4H2. The van der Waals surface area contributed by atoms with Gasteiger partial charge in [-0.3, -0.25) is 0 Å². The summed E-state index contributed by atoms with van der Waals surface area (Å²) in [5.41, 5.74) is 1.39. The maximum Gasteiger partial charge on any atom is 0.0991 e. The lowest BCUT2D eigenvalue weighted by Crippen LogP contribution is -1.81. The maximum atomic E-state index is 8.51. The molecule has 0 radical (unpaired) electrons. The summed E-state index contributed by atoms with van der Waals surface area (Å²) in [6, 6.07) is 7.04. The molecule has 11 heavy (non-hydrogen) atoms. The molecule has 0 atom stereocenters. The number of rotatable bonds is 1. The van der Waals surface area contributed by atoms with Crippen LogP contribution in [-0.4, -0.2) is 0 Å². The van der Waals surface area contributed by atoms with Crippen LogP contribution < -0.4 is 0 Å². The quantitative estimate of drug-likeness (QED) is 0.618. The molecule has 0 heterocycles. The molecule has 0 N–H and O–H groups in total. The molecule has 56 valence electrons. The predicted octanol–water partition coefficient (Wildman–Crippen LogP) is 2.95. The number of halogens is 2. The minimum atomic E-state index is 0.342. The van der Waals surface area contributed by atoms with Gasteiger partial charge in [-0.1, -0.05) is 11.6 Å². The molecule has 0 unspecified atom stereocenters. The van der Waals surface area contributed by atoms with Crippen LogP contribution in [0.15, 0.2) is 18.2 Å². The molecular formula is C8H5Cl2N. The van der Waals surface area contributed by atoms with Gasteiger partial charge in [0.25, 0.3) is 0 Å². The Morgan fingerprint density at radius 3 is 2.73 bits per heavy atom. The van der Waals surface area contributed by atoms with Crippen molar-refractivity contribution in [2.75, 3.05) is 0 Å². The van der Waals surface area contributed by atoms with Crippen LogP contribution in [0, 0.1) is 11.3 Å². The number of hydrogen-bond donors (Lipinski definition) is 0. The summed E-state index contributed by atoms with van der Waals surface area (Å²) in [4.78, 5) is 0. The van der Waals surface area contributed by atoms with Crippen molar-refractivity contribution in [2.24, 2.45) is 0 Å². The molecule has 1 nitrogen and oxygen atoms in total. The highest BCUT2D eigenvalue weighted by molar-refractivity contribution is 6.32. The van der Waals surface area contributed by atoms with Gasteiger partial charge in [0.05, 0.1) is 11.6 Å². The summed E-state index contributed by atoms with van der Waals surface area (Å²) in [5.74, 6) is 0.342.